The van der Waals surface area contributed by atoms with Crippen molar-refractivity contribution in [2.75, 3.05) is 5.43 Å². The molecule has 1 amide bonds. The van der Waals surface area contributed by atoms with Crippen LogP contribution >= 0.6 is 0 Å². The molecule has 0 saturated carbocycles. The van der Waals surface area contributed by atoms with Crippen molar-refractivity contribution in [2.24, 2.45) is 0 Å². The summed E-state index contributed by atoms with van der Waals surface area (Å²) in [5.41, 5.74) is 1.05. The molecule has 0 fully saturated rings. The molecule has 0 bridgehead atoms. The molecule has 2 aromatic heterocycles. The maximum atomic E-state index is 13.3. The number of hydrogen-bond acceptors (Lipinski definition) is 5. The second kappa shape index (κ2) is 6.30. The summed E-state index contributed by atoms with van der Waals surface area (Å²) in [4.78, 5) is 12.9. The molecule has 0 saturated heterocycles. The number of halogens is 4. The second-order valence-electron chi connectivity index (χ2n) is 4.90. The third-order valence-corrected chi connectivity index (χ3v) is 3.09. The summed E-state index contributed by atoms with van der Waals surface area (Å²) < 4.78 is 52.6. The Kier molecular flexibility index (Phi) is 4.17. The monoisotopic (exact) mass is 355 g/mol. The maximum Gasteiger partial charge on any atom is 0.419 e. The van der Waals surface area contributed by atoms with Crippen molar-refractivity contribution >= 4 is 5.91 Å². The highest BCUT2D eigenvalue weighted by atomic mass is 19.4. The summed E-state index contributed by atoms with van der Waals surface area (Å²) in [6.07, 6.45) is -0.822. The van der Waals surface area contributed by atoms with Crippen molar-refractivity contribution in [1.82, 2.24) is 30.1 Å². The van der Waals surface area contributed by atoms with E-state index >= 15 is 0 Å². The molecule has 1 N–H and O–H groups in total. The highest BCUT2D eigenvalue weighted by molar-refractivity contribution is 5.97. The molecule has 1 aromatic carbocycles. The molecular formula is C13H9F4N7O. The first kappa shape index (κ1) is 16.5. The van der Waals surface area contributed by atoms with Gasteiger partial charge in [-0.25, -0.2) is 14.5 Å². The van der Waals surface area contributed by atoms with E-state index < -0.39 is 23.5 Å². The first-order chi connectivity index (χ1) is 11.8. The highest BCUT2D eigenvalue weighted by Gasteiger charge is 2.34. The van der Waals surface area contributed by atoms with Crippen molar-refractivity contribution in [1.29, 1.82) is 0 Å². The molecular weight excluding hydrogens is 346 g/mol. The Morgan fingerprint density at radius 1 is 1.24 bits per heavy atom. The lowest BCUT2D eigenvalue weighted by Crippen LogP contribution is -2.23. The van der Waals surface area contributed by atoms with Crippen LogP contribution < -0.4 is 5.43 Å². The third kappa shape index (κ3) is 3.79. The second-order valence-corrected chi connectivity index (χ2v) is 4.90. The van der Waals surface area contributed by atoms with E-state index in [2.05, 4.69) is 26.0 Å². The number of amides is 1. The van der Waals surface area contributed by atoms with E-state index in [0.717, 1.165) is 15.5 Å². The topological polar surface area (TPSA) is 90.5 Å². The van der Waals surface area contributed by atoms with Gasteiger partial charge in [0.1, 0.15) is 5.82 Å². The standard InChI is InChI=1S/C13H9F4N7O/c14-10-2-1-8(5-9(10)13(15,16)17)6-23-7-11(19-22-23)12(25)20-24-4-3-18-21-24/h1-5,7H,6H2,(H,20,25). The smallest absolute Gasteiger partial charge is 0.265 e. The number of nitrogens with one attached hydrogen (secondary N) is 1. The average Bonchev–Trinajstić information content (AvgIpc) is 3.20. The quantitative estimate of drug-likeness (QED) is 0.716. The van der Waals surface area contributed by atoms with E-state index in [4.69, 9.17) is 0 Å². The van der Waals surface area contributed by atoms with Crippen LogP contribution in [0.3, 0.4) is 0 Å². The Morgan fingerprint density at radius 2 is 2.04 bits per heavy atom. The van der Waals surface area contributed by atoms with Gasteiger partial charge in [0.25, 0.3) is 5.91 Å². The van der Waals surface area contributed by atoms with Gasteiger partial charge in [-0.2, -0.15) is 18.0 Å². The van der Waals surface area contributed by atoms with Crippen molar-refractivity contribution in [3.05, 3.63) is 59.4 Å². The van der Waals surface area contributed by atoms with Gasteiger partial charge in [0.2, 0.25) is 0 Å². The summed E-state index contributed by atoms with van der Waals surface area (Å²) in [6, 6.07) is 2.61. The van der Waals surface area contributed by atoms with E-state index in [0.29, 0.717) is 6.07 Å². The third-order valence-electron chi connectivity index (χ3n) is 3.09. The molecule has 8 nitrogen and oxygen atoms in total. The number of carbonyl (C=O) groups excluding carboxylic acids is 1. The molecule has 0 aliphatic heterocycles. The van der Waals surface area contributed by atoms with E-state index in [-0.39, 0.29) is 17.8 Å². The predicted molar refractivity (Wildman–Crippen MR) is 74.2 cm³/mol. The van der Waals surface area contributed by atoms with Gasteiger partial charge >= 0.3 is 6.18 Å². The zero-order valence-electron chi connectivity index (χ0n) is 12.3. The minimum absolute atomic E-state index is 0.0753. The largest absolute Gasteiger partial charge is 0.419 e. The Balaban J connectivity index is 1.74. The minimum atomic E-state index is -4.80. The van der Waals surface area contributed by atoms with Crippen LogP contribution in [0.5, 0.6) is 0 Å². The van der Waals surface area contributed by atoms with Crippen LogP contribution in [0.15, 0.2) is 36.8 Å². The number of hydrogen-bond donors (Lipinski definition) is 1. The summed E-state index contributed by atoms with van der Waals surface area (Å²) in [6.45, 7) is -0.118. The highest BCUT2D eigenvalue weighted by Crippen LogP contribution is 2.31. The lowest BCUT2D eigenvalue weighted by atomic mass is 10.1. The van der Waals surface area contributed by atoms with Crippen molar-refractivity contribution in [2.45, 2.75) is 12.7 Å². The Morgan fingerprint density at radius 3 is 2.72 bits per heavy atom. The van der Waals surface area contributed by atoms with Crippen molar-refractivity contribution < 1.29 is 22.4 Å². The van der Waals surface area contributed by atoms with Gasteiger partial charge in [0.05, 0.1) is 30.7 Å². The van der Waals surface area contributed by atoms with Crippen molar-refractivity contribution in [3.8, 4) is 0 Å². The molecule has 0 unspecified atom stereocenters. The number of carbonyl (C=O) groups is 1. The molecule has 25 heavy (non-hydrogen) atoms. The van der Waals surface area contributed by atoms with Crippen molar-refractivity contribution in [3.63, 3.8) is 0 Å². The molecule has 3 rings (SSSR count). The molecule has 130 valence electrons. The first-order valence-electron chi connectivity index (χ1n) is 6.76. The zero-order valence-corrected chi connectivity index (χ0v) is 12.3. The van der Waals surface area contributed by atoms with E-state index in [1.54, 1.807) is 0 Å². The van der Waals surface area contributed by atoms with Gasteiger partial charge in [-0.1, -0.05) is 11.3 Å². The zero-order chi connectivity index (χ0) is 18.0. The Labute approximate surface area is 137 Å². The van der Waals surface area contributed by atoms with Crippen LogP contribution in [-0.2, 0) is 12.7 Å². The molecule has 0 aliphatic carbocycles. The fourth-order valence-corrected chi connectivity index (χ4v) is 1.98. The molecule has 0 radical (unpaired) electrons. The molecule has 2 heterocycles. The van der Waals surface area contributed by atoms with Gasteiger partial charge in [-0.15, -0.1) is 10.2 Å². The fraction of sp³-hybridized carbons (Fsp3) is 0.154. The Bertz CT molecular complexity index is 888. The van der Waals surface area contributed by atoms with Crippen LogP contribution in [0.25, 0.3) is 0 Å². The molecule has 3 aromatic rings. The van der Waals surface area contributed by atoms with E-state index in [1.807, 2.05) is 0 Å². The van der Waals surface area contributed by atoms with Crippen LogP contribution in [0, 0.1) is 5.82 Å². The molecule has 0 aliphatic rings. The number of aromatic nitrogens is 6. The van der Waals surface area contributed by atoms with Gasteiger partial charge in [-0.05, 0) is 22.9 Å². The van der Waals surface area contributed by atoms with Gasteiger partial charge in [0, 0.05) is 0 Å². The maximum absolute atomic E-state index is 13.3. The number of benzene rings is 1. The first-order valence-corrected chi connectivity index (χ1v) is 6.76. The minimum Gasteiger partial charge on any atom is -0.265 e. The van der Waals surface area contributed by atoms with Crippen LogP contribution in [0.2, 0.25) is 0 Å². The van der Waals surface area contributed by atoms with Gasteiger partial charge < -0.3 is 0 Å². The lowest BCUT2D eigenvalue weighted by molar-refractivity contribution is -0.140. The van der Waals surface area contributed by atoms with Gasteiger partial charge in [-0.3, -0.25) is 4.79 Å². The SMILES string of the molecule is O=C(Nn1ccnn1)c1cn(Cc2ccc(F)c(C(F)(F)F)c2)nn1. The normalized spacial score (nSPS) is 11.5. The Hall–Kier alpha value is -3.31. The fourth-order valence-electron chi connectivity index (χ4n) is 1.98. The summed E-state index contributed by atoms with van der Waals surface area (Å²) >= 11 is 0. The summed E-state index contributed by atoms with van der Waals surface area (Å²) in [5, 5.41) is 14.3. The van der Waals surface area contributed by atoms with Gasteiger partial charge in [0.15, 0.2) is 5.69 Å². The van der Waals surface area contributed by atoms with E-state index in [1.165, 1.54) is 24.7 Å². The predicted octanol–water partition coefficient (Wildman–Crippen LogP) is 1.46. The number of alkyl halides is 3. The molecule has 12 heteroatoms. The summed E-state index contributed by atoms with van der Waals surface area (Å²) in [5.74, 6) is -1.99. The van der Waals surface area contributed by atoms with Crippen LogP contribution in [-0.4, -0.2) is 36.0 Å². The van der Waals surface area contributed by atoms with Crippen LogP contribution in [0.1, 0.15) is 21.6 Å². The lowest BCUT2D eigenvalue weighted by Gasteiger charge is -2.09. The molecule has 0 atom stereocenters. The average molecular weight is 355 g/mol. The number of rotatable bonds is 4. The summed E-state index contributed by atoms with van der Waals surface area (Å²) in [7, 11) is 0. The van der Waals surface area contributed by atoms with E-state index in [9.17, 15) is 22.4 Å². The van der Waals surface area contributed by atoms with Crippen LogP contribution in [0.4, 0.5) is 17.6 Å². The number of nitrogens with zero attached hydrogens (tertiary/aromatic N) is 6. The molecule has 0 spiro atoms.